The molecule has 3 aromatic heterocycles. The van der Waals surface area contributed by atoms with E-state index in [1.807, 2.05) is 36.9 Å². The van der Waals surface area contributed by atoms with Crippen molar-refractivity contribution in [2.24, 2.45) is 0 Å². The Kier molecular flexibility index (Phi) is 3.87. The molecule has 6 nitrogen and oxygen atoms in total. The van der Waals surface area contributed by atoms with Gasteiger partial charge in [0.15, 0.2) is 0 Å². The first-order valence-corrected chi connectivity index (χ1v) is 8.48. The fourth-order valence-corrected chi connectivity index (χ4v) is 3.51. The van der Waals surface area contributed by atoms with E-state index in [0.29, 0.717) is 11.3 Å². The lowest BCUT2D eigenvalue weighted by molar-refractivity contribution is 0.0931. The molecule has 0 spiro atoms. The summed E-state index contributed by atoms with van der Waals surface area (Å²) in [4.78, 5) is 16.7. The van der Waals surface area contributed by atoms with E-state index < -0.39 is 0 Å². The maximum absolute atomic E-state index is 12.6. The van der Waals surface area contributed by atoms with Crippen LogP contribution in [0.2, 0.25) is 0 Å². The number of amides is 1. The Morgan fingerprint density at radius 2 is 2.12 bits per heavy atom. The van der Waals surface area contributed by atoms with Gasteiger partial charge >= 0.3 is 0 Å². The van der Waals surface area contributed by atoms with Crippen molar-refractivity contribution in [3.05, 3.63) is 65.1 Å². The first kappa shape index (κ1) is 15.6. The van der Waals surface area contributed by atoms with Crippen LogP contribution < -0.4 is 5.32 Å². The Morgan fingerprint density at radius 3 is 2.84 bits per heavy atom. The fourth-order valence-electron chi connectivity index (χ4n) is 3.51. The Morgan fingerprint density at radius 1 is 1.32 bits per heavy atom. The van der Waals surface area contributed by atoms with E-state index >= 15 is 0 Å². The highest BCUT2D eigenvalue weighted by Gasteiger charge is 2.27. The number of rotatable bonds is 3. The SMILES string of the molecule is Cc1cc(C(=O)N[C@H]2CCCc3c2cnn3-c2ccncc2)c(C)o1. The third-order valence-electron chi connectivity index (χ3n) is 4.68. The average Bonchev–Trinajstić information content (AvgIpc) is 3.19. The molecule has 4 rings (SSSR count). The van der Waals surface area contributed by atoms with Crippen LogP contribution in [-0.2, 0) is 6.42 Å². The second-order valence-corrected chi connectivity index (χ2v) is 6.41. The highest BCUT2D eigenvalue weighted by atomic mass is 16.3. The van der Waals surface area contributed by atoms with E-state index in [2.05, 4.69) is 15.4 Å². The summed E-state index contributed by atoms with van der Waals surface area (Å²) in [6, 6.07) is 5.64. The van der Waals surface area contributed by atoms with Crippen molar-refractivity contribution in [3.8, 4) is 5.69 Å². The van der Waals surface area contributed by atoms with Crippen molar-refractivity contribution in [3.63, 3.8) is 0 Å². The van der Waals surface area contributed by atoms with Gasteiger partial charge in [-0.2, -0.15) is 5.10 Å². The number of pyridine rings is 1. The fraction of sp³-hybridized carbons (Fsp3) is 0.316. The van der Waals surface area contributed by atoms with Gasteiger partial charge in [-0.25, -0.2) is 4.68 Å². The van der Waals surface area contributed by atoms with E-state index in [-0.39, 0.29) is 11.9 Å². The van der Waals surface area contributed by atoms with Gasteiger partial charge in [0.2, 0.25) is 0 Å². The van der Waals surface area contributed by atoms with E-state index in [0.717, 1.165) is 42.0 Å². The Balaban J connectivity index is 1.61. The van der Waals surface area contributed by atoms with Gasteiger partial charge in [-0.1, -0.05) is 0 Å². The zero-order chi connectivity index (χ0) is 17.4. The summed E-state index contributed by atoms with van der Waals surface area (Å²) < 4.78 is 7.42. The monoisotopic (exact) mass is 336 g/mol. The van der Waals surface area contributed by atoms with Crippen molar-refractivity contribution in [1.29, 1.82) is 0 Å². The van der Waals surface area contributed by atoms with Crippen LogP contribution in [0.3, 0.4) is 0 Å². The van der Waals surface area contributed by atoms with Gasteiger partial charge in [0.05, 0.1) is 23.5 Å². The molecule has 0 aliphatic heterocycles. The summed E-state index contributed by atoms with van der Waals surface area (Å²) in [5.41, 5.74) is 3.84. The number of carbonyl (C=O) groups excluding carboxylic acids is 1. The molecule has 0 saturated heterocycles. The molecular formula is C19H20N4O2. The molecule has 3 heterocycles. The number of hydrogen-bond acceptors (Lipinski definition) is 4. The minimum atomic E-state index is -0.0936. The summed E-state index contributed by atoms with van der Waals surface area (Å²) in [5, 5.41) is 7.68. The van der Waals surface area contributed by atoms with Crippen molar-refractivity contribution >= 4 is 5.91 Å². The topological polar surface area (TPSA) is 73.0 Å². The molecule has 0 unspecified atom stereocenters. The van der Waals surface area contributed by atoms with Gasteiger partial charge in [-0.15, -0.1) is 0 Å². The summed E-state index contributed by atoms with van der Waals surface area (Å²) in [6.45, 7) is 3.66. The summed E-state index contributed by atoms with van der Waals surface area (Å²) in [5.74, 6) is 1.31. The van der Waals surface area contributed by atoms with Crippen LogP contribution in [0.15, 0.2) is 41.2 Å². The molecule has 0 bridgehead atoms. The van der Waals surface area contributed by atoms with Gasteiger partial charge in [0.25, 0.3) is 5.91 Å². The Hall–Kier alpha value is -2.89. The molecule has 0 saturated carbocycles. The molecule has 1 amide bonds. The first-order chi connectivity index (χ1) is 12.1. The molecule has 1 aliphatic carbocycles. The third kappa shape index (κ3) is 2.84. The molecule has 3 aromatic rings. The summed E-state index contributed by atoms with van der Waals surface area (Å²) >= 11 is 0. The maximum atomic E-state index is 12.6. The highest BCUT2D eigenvalue weighted by molar-refractivity contribution is 5.95. The van der Waals surface area contributed by atoms with Crippen LogP contribution in [0.5, 0.6) is 0 Å². The van der Waals surface area contributed by atoms with Gasteiger partial charge in [-0.3, -0.25) is 9.78 Å². The average molecular weight is 336 g/mol. The number of nitrogens with zero attached hydrogens (tertiary/aromatic N) is 3. The van der Waals surface area contributed by atoms with Crippen LogP contribution in [0.25, 0.3) is 5.69 Å². The minimum Gasteiger partial charge on any atom is -0.466 e. The van der Waals surface area contributed by atoms with Crippen molar-refractivity contribution in [2.75, 3.05) is 0 Å². The molecule has 0 radical (unpaired) electrons. The number of fused-ring (bicyclic) bond motifs is 1. The van der Waals surface area contributed by atoms with Crippen molar-refractivity contribution in [2.45, 2.75) is 39.2 Å². The number of nitrogens with one attached hydrogen (secondary N) is 1. The van der Waals surface area contributed by atoms with Crippen molar-refractivity contribution < 1.29 is 9.21 Å². The number of aromatic nitrogens is 3. The van der Waals surface area contributed by atoms with Gasteiger partial charge in [0, 0.05) is 23.7 Å². The smallest absolute Gasteiger partial charge is 0.255 e. The molecule has 6 heteroatoms. The van der Waals surface area contributed by atoms with E-state index in [1.54, 1.807) is 18.5 Å². The second kappa shape index (κ2) is 6.20. The van der Waals surface area contributed by atoms with E-state index in [4.69, 9.17) is 4.42 Å². The number of aryl methyl sites for hydroxylation is 2. The number of furan rings is 1. The van der Waals surface area contributed by atoms with Crippen molar-refractivity contribution in [1.82, 2.24) is 20.1 Å². The largest absolute Gasteiger partial charge is 0.466 e. The first-order valence-electron chi connectivity index (χ1n) is 8.48. The lowest BCUT2D eigenvalue weighted by atomic mass is 9.92. The van der Waals surface area contributed by atoms with Gasteiger partial charge in [0.1, 0.15) is 11.5 Å². The molecule has 0 aromatic carbocycles. The van der Waals surface area contributed by atoms with Crippen LogP contribution in [0.4, 0.5) is 0 Å². The number of hydrogen-bond donors (Lipinski definition) is 1. The minimum absolute atomic E-state index is 0.0264. The quantitative estimate of drug-likeness (QED) is 0.796. The van der Waals surface area contributed by atoms with E-state index in [9.17, 15) is 4.79 Å². The normalized spacial score (nSPS) is 16.5. The standard InChI is InChI=1S/C19H20N4O2/c1-12-10-15(13(2)25-12)19(24)22-17-4-3-5-18-16(17)11-21-23(18)14-6-8-20-9-7-14/h6-11,17H,3-5H2,1-2H3,(H,22,24)/t17-/m0/s1. The van der Waals surface area contributed by atoms with E-state index in [1.165, 1.54) is 0 Å². The van der Waals surface area contributed by atoms with Gasteiger partial charge in [-0.05, 0) is 51.3 Å². The second-order valence-electron chi connectivity index (χ2n) is 6.41. The number of carbonyl (C=O) groups is 1. The lowest BCUT2D eigenvalue weighted by Crippen LogP contribution is -2.31. The van der Waals surface area contributed by atoms with Crippen LogP contribution >= 0.6 is 0 Å². The predicted molar refractivity (Wildman–Crippen MR) is 92.7 cm³/mol. The molecule has 1 atom stereocenters. The molecule has 25 heavy (non-hydrogen) atoms. The molecular weight excluding hydrogens is 316 g/mol. The van der Waals surface area contributed by atoms with Gasteiger partial charge < -0.3 is 9.73 Å². The molecule has 1 N–H and O–H groups in total. The lowest BCUT2D eigenvalue weighted by Gasteiger charge is -2.24. The summed E-state index contributed by atoms with van der Waals surface area (Å²) in [7, 11) is 0. The zero-order valence-electron chi connectivity index (χ0n) is 14.3. The third-order valence-corrected chi connectivity index (χ3v) is 4.68. The summed E-state index contributed by atoms with van der Waals surface area (Å²) in [6.07, 6.45) is 8.26. The van der Waals surface area contributed by atoms with Crippen LogP contribution in [0, 0.1) is 13.8 Å². The van der Waals surface area contributed by atoms with Crippen LogP contribution in [0.1, 0.15) is 52.0 Å². The molecule has 0 fully saturated rings. The zero-order valence-corrected chi connectivity index (χ0v) is 14.3. The van der Waals surface area contributed by atoms with Crippen LogP contribution in [-0.4, -0.2) is 20.7 Å². The predicted octanol–water partition coefficient (Wildman–Crippen LogP) is 3.28. The Labute approximate surface area is 145 Å². The maximum Gasteiger partial charge on any atom is 0.255 e. The molecule has 128 valence electrons. The molecule has 1 aliphatic rings. The highest BCUT2D eigenvalue weighted by Crippen LogP contribution is 2.31. The Bertz CT molecular complexity index is 911.